The predicted octanol–water partition coefficient (Wildman–Crippen LogP) is 3.59. The number of hydrogen-bond donors (Lipinski definition) is 2. The molecule has 0 bridgehead atoms. The van der Waals surface area contributed by atoms with Gasteiger partial charge in [0.2, 0.25) is 0 Å². The molecule has 1 amide bonds. The van der Waals surface area contributed by atoms with Gasteiger partial charge in [-0.25, -0.2) is 0 Å². The zero-order valence-corrected chi connectivity index (χ0v) is 20.8. The summed E-state index contributed by atoms with van der Waals surface area (Å²) in [6.45, 7) is 5.29. The van der Waals surface area contributed by atoms with E-state index in [1.807, 2.05) is 6.92 Å². The van der Waals surface area contributed by atoms with Crippen LogP contribution in [0.2, 0.25) is 0 Å². The molecule has 2 aromatic rings. The monoisotopic (exact) mass is 503 g/mol. The van der Waals surface area contributed by atoms with Crippen LogP contribution in [0, 0.1) is 11.8 Å². The van der Waals surface area contributed by atoms with Crippen molar-refractivity contribution in [3.8, 4) is 11.5 Å². The van der Waals surface area contributed by atoms with Crippen LogP contribution in [0.3, 0.4) is 0 Å². The number of amides is 1. The number of fused-ring (bicyclic) bond motifs is 1. The van der Waals surface area contributed by atoms with Crippen LogP contribution >= 0.6 is 8.17 Å². The Labute approximate surface area is 204 Å². The molecule has 188 valence electrons. The van der Waals surface area contributed by atoms with E-state index in [0.717, 1.165) is 0 Å². The zero-order valence-electron chi connectivity index (χ0n) is 19.8. The minimum absolute atomic E-state index is 0.0358. The summed E-state index contributed by atoms with van der Waals surface area (Å²) in [6.07, 6.45) is -0.332. The molecule has 0 unspecified atom stereocenters. The normalized spacial score (nSPS) is 22.7. The van der Waals surface area contributed by atoms with E-state index in [2.05, 4.69) is 0 Å². The maximum absolute atomic E-state index is 13.0. The Balaban J connectivity index is 1.72. The van der Waals surface area contributed by atoms with Gasteiger partial charge in [-0.15, -0.1) is 0 Å². The van der Waals surface area contributed by atoms with E-state index in [1.54, 1.807) is 67.6 Å². The molecule has 2 N–H and O–H groups in total. The van der Waals surface area contributed by atoms with Crippen LogP contribution in [0.15, 0.2) is 72.1 Å². The number of carbonyl (C=O) groups is 2. The van der Waals surface area contributed by atoms with Crippen LogP contribution < -0.4 is 9.05 Å². The summed E-state index contributed by atoms with van der Waals surface area (Å²) >= 11 is 0. The molecular weight excluding hydrogens is 473 g/mol. The van der Waals surface area contributed by atoms with E-state index in [1.165, 1.54) is 11.8 Å². The number of benzene rings is 2. The van der Waals surface area contributed by atoms with E-state index in [4.69, 9.17) is 18.3 Å². The molecule has 0 saturated carbocycles. The predicted molar refractivity (Wildman–Crippen MR) is 129 cm³/mol. The Bertz CT molecular complexity index is 1050. The molecule has 4 atom stereocenters. The zero-order chi connectivity index (χ0) is 25.2. The van der Waals surface area contributed by atoms with E-state index >= 15 is 0 Å². The molecule has 2 aromatic carbocycles. The first-order chi connectivity index (χ1) is 16.8. The SMILES string of the molecule is CCCOC(=O)C1=C(O[PH](O)(Oc2ccccc2)Oc2ccccc2)[C@H](C)[C@@H]2[C@@H]([C@@H](C)O)C(=O)N12. The first-order valence-corrected chi connectivity index (χ1v) is 13.2. The van der Waals surface area contributed by atoms with E-state index < -0.39 is 44.0 Å². The van der Waals surface area contributed by atoms with Crippen LogP contribution in [0.4, 0.5) is 0 Å². The van der Waals surface area contributed by atoms with Crippen molar-refractivity contribution in [2.75, 3.05) is 6.61 Å². The topological polar surface area (TPSA) is 115 Å². The Morgan fingerprint density at radius 1 is 1.03 bits per heavy atom. The summed E-state index contributed by atoms with van der Waals surface area (Å²) in [5.41, 5.74) is -0.0999. The Hall–Kier alpha value is -3.13. The van der Waals surface area contributed by atoms with Crippen molar-refractivity contribution >= 4 is 20.0 Å². The molecule has 0 spiro atoms. The number of ether oxygens (including phenoxy) is 1. The second-order valence-corrected chi connectivity index (χ2v) is 10.2. The van der Waals surface area contributed by atoms with Gasteiger partial charge in [-0.2, -0.15) is 0 Å². The average molecular weight is 503 g/mol. The fourth-order valence-electron chi connectivity index (χ4n) is 4.39. The molecule has 4 rings (SSSR count). The van der Waals surface area contributed by atoms with E-state index in [-0.39, 0.29) is 18.1 Å². The Morgan fingerprint density at radius 3 is 2.06 bits per heavy atom. The number of esters is 1. The molecular formula is C25H30NO8P. The molecule has 0 radical (unpaired) electrons. The van der Waals surface area contributed by atoms with Gasteiger partial charge in [-0.1, -0.05) is 0 Å². The second-order valence-electron chi connectivity index (χ2n) is 8.56. The molecule has 0 aliphatic carbocycles. The molecule has 2 heterocycles. The Kier molecular flexibility index (Phi) is 7.31. The van der Waals surface area contributed by atoms with Crippen LogP contribution in [0.1, 0.15) is 27.2 Å². The molecule has 0 aromatic heterocycles. The molecule has 2 aliphatic heterocycles. The number of hydrogen-bond acceptors (Lipinski definition) is 8. The second kappa shape index (κ2) is 10.2. The quantitative estimate of drug-likeness (QED) is 0.287. The molecule has 35 heavy (non-hydrogen) atoms. The number of β-lactam (4-membered cyclic amide) rings is 1. The minimum atomic E-state index is -4.53. The van der Waals surface area contributed by atoms with Crippen molar-refractivity contribution in [2.45, 2.75) is 39.3 Å². The van der Waals surface area contributed by atoms with Crippen molar-refractivity contribution in [1.29, 1.82) is 0 Å². The van der Waals surface area contributed by atoms with Gasteiger partial charge in [0.15, 0.2) is 0 Å². The van der Waals surface area contributed by atoms with Crippen molar-refractivity contribution in [3.05, 3.63) is 72.1 Å². The molecule has 1 saturated heterocycles. The van der Waals surface area contributed by atoms with Gasteiger partial charge in [-0.05, 0) is 0 Å². The fraction of sp³-hybridized carbons (Fsp3) is 0.360. The van der Waals surface area contributed by atoms with Crippen LogP contribution in [0.5, 0.6) is 11.5 Å². The standard InChI is InChI=1S/C25H30NO8P/c1-4-15-31-25(29)22-23(16(2)21-20(17(3)27)24(28)26(21)22)34-35(30,32-18-11-7-5-8-12-18)33-19-13-9-6-10-14-19/h5-14,16-17,20-21,27,30,35H,4,15H2,1-3H3/t16-,17-,20-,21-/m1/s1. The van der Waals surface area contributed by atoms with Crippen LogP contribution in [0.25, 0.3) is 0 Å². The summed E-state index contributed by atoms with van der Waals surface area (Å²) in [5.74, 6) is -1.75. The maximum atomic E-state index is 13.0. The van der Waals surface area contributed by atoms with Gasteiger partial charge >= 0.3 is 204 Å². The molecule has 1 fully saturated rings. The van der Waals surface area contributed by atoms with Crippen molar-refractivity contribution < 1.29 is 37.9 Å². The summed E-state index contributed by atoms with van der Waals surface area (Å²) < 4.78 is 23.0. The third kappa shape index (κ3) is 4.98. The number of rotatable bonds is 10. The third-order valence-electron chi connectivity index (χ3n) is 5.96. The number of carbonyl (C=O) groups excluding carboxylic acids is 2. The van der Waals surface area contributed by atoms with E-state index in [9.17, 15) is 19.6 Å². The molecule has 10 heteroatoms. The van der Waals surface area contributed by atoms with Crippen molar-refractivity contribution in [3.63, 3.8) is 0 Å². The van der Waals surface area contributed by atoms with Gasteiger partial charge in [0.05, 0.1) is 0 Å². The first kappa shape index (κ1) is 25.0. The average Bonchev–Trinajstić information content (AvgIpc) is 3.06. The van der Waals surface area contributed by atoms with Gasteiger partial charge in [-0.3, -0.25) is 0 Å². The van der Waals surface area contributed by atoms with Gasteiger partial charge in [0.1, 0.15) is 0 Å². The summed E-state index contributed by atoms with van der Waals surface area (Å²) in [7, 11) is -4.53. The number of aliphatic hydroxyl groups excluding tert-OH is 1. The van der Waals surface area contributed by atoms with Crippen LogP contribution in [-0.4, -0.2) is 45.5 Å². The molecule has 9 nitrogen and oxygen atoms in total. The third-order valence-corrected chi connectivity index (χ3v) is 7.42. The fourth-order valence-corrected chi connectivity index (χ4v) is 5.94. The van der Waals surface area contributed by atoms with Gasteiger partial charge in [0.25, 0.3) is 0 Å². The van der Waals surface area contributed by atoms with Crippen molar-refractivity contribution in [1.82, 2.24) is 4.90 Å². The van der Waals surface area contributed by atoms with Crippen molar-refractivity contribution in [2.24, 2.45) is 11.8 Å². The Morgan fingerprint density at radius 2 is 1.57 bits per heavy atom. The van der Waals surface area contributed by atoms with Gasteiger partial charge in [0, 0.05) is 0 Å². The molecule has 2 aliphatic rings. The van der Waals surface area contributed by atoms with Gasteiger partial charge < -0.3 is 0 Å². The summed E-state index contributed by atoms with van der Waals surface area (Å²) in [5, 5.41) is 10.2. The first-order valence-electron chi connectivity index (χ1n) is 11.6. The number of nitrogens with zero attached hydrogens (tertiary/aromatic N) is 1. The number of para-hydroxylation sites is 2. The summed E-state index contributed by atoms with van der Waals surface area (Å²) in [4.78, 5) is 38.7. The van der Waals surface area contributed by atoms with E-state index in [0.29, 0.717) is 17.9 Å². The summed E-state index contributed by atoms with van der Waals surface area (Å²) in [6, 6.07) is 16.5. The van der Waals surface area contributed by atoms with Crippen LogP contribution in [-0.2, 0) is 18.8 Å². The number of aliphatic hydroxyl groups is 1.